The summed E-state index contributed by atoms with van der Waals surface area (Å²) >= 11 is 6.10. The summed E-state index contributed by atoms with van der Waals surface area (Å²) in [5, 5.41) is 12.1. The topological polar surface area (TPSA) is 49.2 Å². The molecule has 2 saturated heterocycles. The predicted octanol–water partition coefficient (Wildman–Crippen LogP) is 1.54. The van der Waals surface area contributed by atoms with E-state index in [0.717, 1.165) is 51.5 Å². The third kappa shape index (κ3) is 3.84. The number of aromatic nitrogens is 3. The average Bonchev–Trinajstić information content (AvgIpc) is 3.26. The van der Waals surface area contributed by atoms with Gasteiger partial charge in [-0.1, -0.05) is 16.8 Å². The minimum atomic E-state index is -0.356. The van der Waals surface area contributed by atoms with E-state index in [1.807, 2.05) is 6.20 Å². The monoisotopic (exact) mass is 364 g/mol. The quantitative estimate of drug-likeness (QED) is 0.891. The lowest BCUT2D eigenvalue weighted by Gasteiger charge is -2.32. The van der Waals surface area contributed by atoms with Crippen molar-refractivity contribution in [2.75, 3.05) is 39.3 Å². The molecule has 25 heavy (non-hydrogen) atoms. The highest BCUT2D eigenvalue weighted by Gasteiger charge is 2.28. The van der Waals surface area contributed by atoms with E-state index in [4.69, 9.17) is 11.6 Å². The number of piperazine rings is 1. The second-order valence-corrected chi connectivity index (χ2v) is 7.12. The molecule has 1 aromatic heterocycles. The number of rotatable bonds is 4. The summed E-state index contributed by atoms with van der Waals surface area (Å²) in [6.45, 7) is 7.38. The van der Waals surface area contributed by atoms with Crippen LogP contribution in [0.15, 0.2) is 24.4 Å². The van der Waals surface area contributed by atoms with Crippen LogP contribution in [0.5, 0.6) is 0 Å². The largest absolute Gasteiger partial charge is 0.314 e. The number of nitrogens with one attached hydrogen (secondary N) is 1. The van der Waals surface area contributed by atoms with Gasteiger partial charge in [0.25, 0.3) is 0 Å². The van der Waals surface area contributed by atoms with E-state index < -0.39 is 0 Å². The molecule has 4 rings (SSSR count). The zero-order valence-electron chi connectivity index (χ0n) is 14.0. The summed E-state index contributed by atoms with van der Waals surface area (Å²) in [6, 6.07) is 4.92. The van der Waals surface area contributed by atoms with Crippen molar-refractivity contribution in [2.24, 2.45) is 0 Å². The molecule has 2 aliphatic heterocycles. The number of nitrogens with zero attached hydrogens (tertiary/aromatic N) is 5. The van der Waals surface area contributed by atoms with Crippen LogP contribution >= 0.6 is 11.6 Å². The smallest absolute Gasteiger partial charge is 0.124 e. The van der Waals surface area contributed by atoms with Crippen molar-refractivity contribution in [3.05, 3.63) is 40.9 Å². The fraction of sp³-hybridized carbons (Fsp3) is 0.529. The summed E-state index contributed by atoms with van der Waals surface area (Å²) in [5.41, 5.74) is 1.54. The Hall–Kier alpha value is -1.54. The zero-order chi connectivity index (χ0) is 17.2. The molecule has 1 N–H and O–H groups in total. The highest BCUT2D eigenvalue weighted by atomic mass is 35.5. The highest BCUT2D eigenvalue weighted by molar-refractivity contribution is 6.32. The number of halogens is 2. The Balaban J connectivity index is 1.38. The summed E-state index contributed by atoms with van der Waals surface area (Å²) in [7, 11) is 0. The van der Waals surface area contributed by atoms with Gasteiger partial charge in [0.2, 0.25) is 0 Å². The Morgan fingerprint density at radius 1 is 1.24 bits per heavy atom. The van der Waals surface area contributed by atoms with Gasteiger partial charge in [0.05, 0.1) is 22.6 Å². The minimum Gasteiger partial charge on any atom is -0.314 e. The van der Waals surface area contributed by atoms with Gasteiger partial charge in [-0.2, -0.15) is 0 Å². The number of hydrogen-bond donors (Lipinski definition) is 1. The van der Waals surface area contributed by atoms with Crippen molar-refractivity contribution in [3.8, 4) is 5.69 Å². The van der Waals surface area contributed by atoms with Crippen molar-refractivity contribution >= 4 is 11.6 Å². The molecule has 1 unspecified atom stereocenters. The maximum Gasteiger partial charge on any atom is 0.124 e. The van der Waals surface area contributed by atoms with E-state index in [-0.39, 0.29) is 5.82 Å². The lowest BCUT2D eigenvalue weighted by Crippen LogP contribution is -2.49. The van der Waals surface area contributed by atoms with Gasteiger partial charge >= 0.3 is 0 Å². The van der Waals surface area contributed by atoms with Gasteiger partial charge in [-0.25, -0.2) is 9.07 Å². The molecule has 6 nitrogen and oxygen atoms in total. The summed E-state index contributed by atoms with van der Waals surface area (Å²) in [4.78, 5) is 5.01. The van der Waals surface area contributed by atoms with Gasteiger partial charge in [-0.05, 0) is 24.6 Å². The van der Waals surface area contributed by atoms with Crippen molar-refractivity contribution in [1.82, 2.24) is 30.1 Å². The molecule has 1 aromatic carbocycles. The molecule has 134 valence electrons. The molecule has 1 atom stereocenters. The van der Waals surface area contributed by atoms with Crippen LogP contribution in [0.3, 0.4) is 0 Å². The van der Waals surface area contributed by atoms with Crippen molar-refractivity contribution < 1.29 is 4.39 Å². The van der Waals surface area contributed by atoms with E-state index in [1.165, 1.54) is 18.6 Å². The van der Waals surface area contributed by atoms with Crippen LogP contribution in [-0.2, 0) is 6.54 Å². The van der Waals surface area contributed by atoms with Crippen LogP contribution in [0, 0.1) is 5.82 Å². The lowest BCUT2D eigenvalue weighted by molar-refractivity contribution is 0.170. The Labute approximate surface area is 151 Å². The molecule has 0 bridgehead atoms. The fourth-order valence-electron chi connectivity index (χ4n) is 3.69. The molecular weight excluding hydrogens is 343 g/mol. The van der Waals surface area contributed by atoms with Gasteiger partial charge in [0, 0.05) is 51.9 Å². The first-order valence-electron chi connectivity index (χ1n) is 8.73. The van der Waals surface area contributed by atoms with Gasteiger partial charge in [0.1, 0.15) is 5.82 Å². The Morgan fingerprint density at radius 2 is 2.08 bits per heavy atom. The first-order chi connectivity index (χ1) is 12.2. The standard InChI is InChI=1S/C17H22ClFN6/c18-16-9-13(19)1-2-17(16)25-11-14(21-22-25)10-23-6-3-15(12-23)24-7-4-20-5-8-24/h1-2,9,11,15,20H,3-8,10,12H2. The third-order valence-corrected chi connectivity index (χ3v) is 5.30. The molecule has 2 aromatic rings. The van der Waals surface area contributed by atoms with Crippen LogP contribution in [0.4, 0.5) is 4.39 Å². The SMILES string of the molecule is Fc1ccc(-n2cc(CN3CCC(N4CCNCC4)C3)nn2)c(Cl)c1. The van der Waals surface area contributed by atoms with E-state index >= 15 is 0 Å². The van der Waals surface area contributed by atoms with E-state index in [9.17, 15) is 4.39 Å². The number of hydrogen-bond acceptors (Lipinski definition) is 5. The minimum absolute atomic E-state index is 0.330. The normalized spacial score (nSPS) is 22.6. The van der Waals surface area contributed by atoms with E-state index in [2.05, 4.69) is 25.4 Å². The molecular formula is C17H22ClFN6. The average molecular weight is 365 g/mol. The Morgan fingerprint density at radius 3 is 2.88 bits per heavy atom. The molecule has 0 spiro atoms. The third-order valence-electron chi connectivity index (χ3n) is 5.00. The predicted molar refractivity (Wildman–Crippen MR) is 94.5 cm³/mol. The molecule has 3 heterocycles. The molecule has 0 aliphatic carbocycles. The van der Waals surface area contributed by atoms with Crippen molar-refractivity contribution in [3.63, 3.8) is 0 Å². The van der Waals surface area contributed by atoms with Crippen LogP contribution in [-0.4, -0.2) is 70.1 Å². The zero-order valence-corrected chi connectivity index (χ0v) is 14.8. The maximum atomic E-state index is 13.2. The van der Waals surface area contributed by atoms with Crippen LogP contribution in [0.1, 0.15) is 12.1 Å². The molecule has 2 fully saturated rings. The van der Waals surface area contributed by atoms with Crippen molar-refractivity contribution in [1.29, 1.82) is 0 Å². The fourth-order valence-corrected chi connectivity index (χ4v) is 3.94. The van der Waals surface area contributed by atoms with Crippen LogP contribution in [0.2, 0.25) is 5.02 Å². The molecule has 2 aliphatic rings. The summed E-state index contributed by atoms with van der Waals surface area (Å²) in [6.07, 6.45) is 3.08. The first kappa shape index (κ1) is 16.9. The second-order valence-electron chi connectivity index (χ2n) is 6.71. The number of likely N-dealkylation sites (tertiary alicyclic amines) is 1. The van der Waals surface area contributed by atoms with Gasteiger partial charge in [-0.15, -0.1) is 5.10 Å². The second kappa shape index (κ2) is 7.37. The lowest BCUT2D eigenvalue weighted by atomic mass is 10.2. The van der Waals surface area contributed by atoms with Crippen LogP contribution in [0.25, 0.3) is 5.69 Å². The van der Waals surface area contributed by atoms with E-state index in [0.29, 0.717) is 16.8 Å². The molecule has 0 saturated carbocycles. The Bertz CT molecular complexity index is 730. The van der Waals surface area contributed by atoms with Gasteiger partial charge in [0.15, 0.2) is 0 Å². The highest BCUT2D eigenvalue weighted by Crippen LogP contribution is 2.22. The van der Waals surface area contributed by atoms with Gasteiger partial charge in [-0.3, -0.25) is 9.80 Å². The number of benzene rings is 1. The van der Waals surface area contributed by atoms with E-state index in [1.54, 1.807) is 10.7 Å². The van der Waals surface area contributed by atoms with Gasteiger partial charge < -0.3 is 5.32 Å². The van der Waals surface area contributed by atoms with Crippen molar-refractivity contribution in [2.45, 2.75) is 19.0 Å². The molecule has 8 heteroatoms. The molecule has 0 radical (unpaired) electrons. The summed E-state index contributed by atoms with van der Waals surface area (Å²) in [5.74, 6) is -0.356. The summed E-state index contributed by atoms with van der Waals surface area (Å²) < 4.78 is 14.8. The first-order valence-corrected chi connectivity index (χ1v) is 9.10. The molecule has 0 amide bonds. The maximum absolute atomic E-state index is 13.2. The Kier molecular flexibility index (Phi) is 4.98. The van der Waals surface area contributed by atoms with Crippen LogP contribution < -0.4 is 5.32 Å².